The normalized spacial score (nSPS) is 10.7. The molecule has 4 nitrogen and oxygen atoms in total. The predicted octanol–water partition coefficient (Wildman–Crippen LogP) is 2.52. The molecule has 0 radical (unpaired) electrons. The maximum atomic E-state index is 10.9. The van der Waals surface area contributed by atoms with Gasteiger partial charge in [-0.3, -0.25) is 5.10 Å². The van der Waals surface area contributed by atoms with Crippen LogP contribution >= 0.6 is 34.2 Å². The number of nitrogens with zero attached hydrogens (tertiary/aromatic N) is 1. The molecule has 1 aromatic heterocycles. The zero-order chi connectivity index (χ0) is 10.3. The molecule has 1 aromatic carbocycles. The summed E-state index contributed by atoms with van der Waals surface area (Å²) in [5.74, 6) is -1.00. The number of hydrogen-bond acceptors (Lipinski definition) is 2. The van der Waals surface area contributed by atoms with Crippen molar-refractivity contribution in [2.75, 3.05) is 0 Å². The number of aromatic nitrogens is 2. The number of benzene rings is 1. The smallest absolute Gasteiger partial charge is 0.336 e. The second-order valence-corrected chi connectivity index (χ2v) is 4.21. The van der Waals surface area contributed by atoms with Crippen LogP contribution in [0, 0.1) is 3.70 Å². The molecule has 1 heterocycles. The summed E-state index contributed by atoms with van der Waals surface area (Å²) in [4.78, 5) is 10.9. The molecular weight excluding hydrogens is 318 g/mol. The molecule has 2 N–H and O–H groups in total. The maximum Gasteiger partial charge on any atom is 0.336 e. The maximum absolute atomic E-state index is 10.9. The van der Waals surface area contributed by atoms with Gasteiger partial charge in [-0.05, 0) is 34.7 Å². The highest BCUT2D eigenvalue weighted by Crippen LogP contribution is 2.26. The molecule has 72 valence electrons. The number of nitrogens with one attached hydrogen (secondary N) is 1. The van der Waals surface area contributed by atoms with Crippen molar-refractivity contribution in [3.05, 3.63) is 26.4 Å². The van der Waals surface area contributed by atoms with Gasteiger partial charge >= 0.3 is 5.97 Å². The van der Waals surface area contributed by atoms with Crippen LogP contribution in [0.1, 0.15) is 10.4 Å². The van der Waals surface area contributed by atoms with Gasteiger partial charge in [0.25, 0.3) is 0 Å². The van der Waals surface area contributed by atoms with Crippen molar-refractivity contribution in [2.24, 2.45) is 0 Å². The van der Waals surface area contributed by atoms with Gasteiger partial charge < -0.3 is 5.11 Å². The Hall–Kier alpha value is -0.820. The molecule has 2 aromatic rings. The predicted molar refractivity (Wildman–Crippen MR) is 60.8 cm³/mol. The minimum atomic E-state index is -1.00. The van der Waals surface area contributed by atoms with Crippen molar-refractivity contribution >= 4 is 51.1 Å². The summed E-state index contributed by atoms with van der Waals surface area (Å²) in [6.45, 7) is 0. The molecule has 0 saturated heterocycles. The highest BCUT2D eigenvalue weighted by molar-refractivity contribution is 14.1. The topological polar surface area (TPSA) is 66.0 Å². The Morgan fingerprint density at radius 1 is 1.57 bits per heavy atom. The fraction of sp³-hybridized carbons (Fsp3) is 0. The van der Waals surface area contributed by atoms with Crippen LogP contribution < -0.4 is 0 Å². The number of fused-ring (bicyclic) bond motifs is 1. The number of carboxylic acid groups (broad SMARTS) is 1. The molecule has 0 atom stereocenters. The van der Waals surface area contributed by atoms with Crippen molar-refractivity contribution in [1.82, 2.24) is 10.2 Å². The average Bonchev–Trinajstić information content (AvgIpc) is 2.46. The van der Waals surface area contributed by atoms with E-state index in [2.05, 4.69) is 10.2 Å². The van der Waals surface area contributed by atoms with Crippen LogP contribution in [-0.2, 0) is 0 Å². The lowest BCUT2D eigenvalue weighted by Gasteiger charge is -1.97. The van der Waals surface area contributed by atoms with E-state index in [1.165, 1.54) is 6.07 Å². The second-order valence-electron chi connectivity index (χ2n) is 2.69. The Kier molecular flexibility index (Phi) is 2.36. The molecule has 0 saturated carbocycles. The van der Waals surface area contributed by atoms with Crippen LogP contribution in [0.5, 0.6) is 0 Å². The van der Waals surface area contributed by atoms with Crippen LogP contribution in [0.2, 0.25) is 5.02 Å². The summed E-state index contributed by atoms with van der Waals surface area (Å²) in [5, 5.41) is 16.6. The van der Waals surface area contributed by atoms with Gasteiger partial charge in [-0.1, -0.05) is 11.6 Å². The van der Waals surface area contributed by atoms with E-state index in [4.69, 9.17) is 16.7 Å². The Labute approximate surface area is 97.4 Å². The van der Waals surface area contributed by atoms with Gasteiger partial charge in [-0.2, -0.15) is 5.10 Å². The van der Waals surface area contributed by atoms with E-state index in [9.17, 15) is 4.79 Å². The van der Waals surface area contributed by atoms with Crippen LogP contribution in [0.3, 0.4) is 0 Å². The number of carbonyl (C=O) groups is 1. The third kappa shape index (κ3) is 1.46. The fourth-order valence-corrected chi connectivity index (χ4v) is 2.15. The van der Waals surface area contributed by atoms with Crippen LogP contribution in [0.4, 0.5) is 0 Å². The van der Waals surface area contributed by atoms with E-state index in [1.54, 1.807) is 6.07 Å². The molecule has 0 aliphatic heterocycles. The van der Waals surface area contributed by atoms with Gasteiger partial charge in [0, 0.05) is 10.4 Å². The first-order valence-electron chi connectivity index (χ1n) is 3.66. The SMILES string of the molecule is O=C(O)c1cc(Cl)cc2n[nH]c(I)c12. The monoisotopic (exact) mass is 322 g/mol. The number of rotatable bonds is 1. The molecule has 0 bridgehead atoms. The number of aromatic amines is 1. The average molecular weight is 322 g/mol. The first-order chi connectivity index (χ1) is 6.59. The molecule has 6 heteroatoms. The van der Waals surface area contributed by atoms with Gasteiger partial charge in [-0.15, -0.1) is 0 Å². The van der Waals surface area contributed by atoms with E-state index in [0.717, 1.165) is 0 Å². The van der Waals surface area contributed by atoms with Crippen molar-refractivity contribution in [2.45, 2.75) is 0 Å². The Balaban J connectivity index is 2.90. The molecule has 14 heavy (non-hydrogen) atoms. The Morgan fingerprint density at radius 2 is 2.29 bits per heavy atom. The minimum absolute atomic E-state index is 0.172. The quantitative estimate of drug-likeness (QED) is 0.793. The fourth-order valence-electron chi connectivity index (χ4n) is 1.25. The van der Waals surface area contributed by atoms with E-state index in [1.807, 2.05) is 22.6 Å². The molecular formula is C8H4ClIN2O2. The zero-order valence-corrected chi connectivity index (χ0v) is 9.63. The van der Waals surface area contributed by atoms with Crippen molar-refractivity contribution in [3.63, 3.8) is 0 Å². The first kappa shape index (κ1) is 9.72. The number of carboxylic acids is 1. The highest BCUT2D eigenvalue weighted by Gasteiger charge is 2.14. The van der Waals surface area contributed by atoms with Gasteiger partial charge in [0.2, 0.25) is 0 Å². The standard InChI is InChI=1S/C8H4ClIN2O2/c9-3-1-4(8(13)14)6-5(2-3)11-12-7(6)10/h1-2H,(H,11,12)(H,13,14). The molecule has 0 spiro atoms. The lowest BCUT2D eigenvalue weighted by atomic mass is 10.1. The molecule has 0 unspecified atom stereocenters. The lowest BCUT2D eigenvalue weighted by molar-refractivity contribution is 0.0699. The van der Waals surface area contributed by atoms with Crippen molar-refractivity contribution in [1.29, 1.82) is 0 Å². The van der Waals surface area contributed by atoms with E-state index in [-0.39, 0.29) is 5.56 Å². The molecule has 0 fully saturated rings. The summed E-state index contributed by atoms with van der Waals surface area (Å²) in [6, 6.07) is 3.05. The molecule has 0 aliphatic carbocycles. The summed E-state index contributed by atoms with van der Waals surface area (Å²) >= 11 is 7.76. The lowest BCUT2D eigenvalue weighted by Crippen LogP contribution is -1.97. The third-order valence-corrected chi connectivity index (χ3v) is 2.81. The van der Waals surface area contributed by atoms with Crippen molar-refractivity contribution in [3.8, 4) is 0 Å². The molecule has 2 rings (SSSR count). The van der Waals surface area contributed by atoms with Gasteiger partial charge in [0.05, 0.1) is 11.1 Å². The largest absolute Gasteiger partial charge is 0.478 e. The molecule has 0 aliphatic rings. The van der Waals surface area contributed by atoms with E-state index in [0.29, 0.717) is 19.6 Å². The van der Waals surface area contributed by atoms with Crippen LogP contribution in [0.25, 0.3) is 10.9 Å². The van der Waals surface area contributed by atoms with Crippen LogP contribution in [0.15, 0.2) is 12.1 Å². The van der Waals surface area contributed by atoms with Gasteiger partial charge in [0.1, 0.15) is 3.70 Å². The Bertz CT molecular complexity index is 523. The third-order valence-electron chi connectivity index (χ3n) is 1.81. The number of halogens is 2. The van der Waals surface area contributed by atoms with Gasteiger partial charge in [-0.25, -0.2) is 4.79 Å². The minimum Gasteiger partial charge on any atom is -0.478 e. The number of aromatic carboxylic acids is 1. The summed E-state index contributed by atoms with van der Waals surface area (Å²) in [7, 11) is 0. The molecule has 0 amide bonds. The summed E-state index contributed by atoms with van der Waals surface area (Å²) in [5.41, 5.74) is 0.741. The van der Waals surface area contributed by atoms with E-state index >= 15 is 0 Å². The van der Waals surface area contributed by atoms with Gasteiger partial charge in [0.15, 0.2) is 0 Å². The summed E-state index contributed by atoms with van der Waals surface area (Å²) < 4.78 is 0.701. The Morgan fingerprint density at radius 3 is 2.93 bits per heavy atom. The van der Waals surface area contributed by atoms with E-state index < -0.39 is 5.97 Å². The second kappa shape index (κ2) is 3.39. The number of hydrogen-bond donors (Lipinski definition) is 2. The number of H-pyrrole nitrogens is 1. The first-order valence-corrected chi connectivity index (χ1v) is 5.11. The zero-order valence-electron chi connectivity index (χ0n) is 6.71. The highest BCUT2D eigenvalue weighted by atomic mass is 127. The van der Waals surface area contributed by atoms with Crippen LogP contribution in [-0.4, -0.2) is 21.3 Å². The summed E-state index contributed by atoms with van der Waals surface area (Å²) in [6.07, 6.45) is 0. The van der Waals surface area contributed by atoms with Crippen molar-refractivity contribution < 1.29 is 9.90 Å².